The number of nitrogens with one attached hydrogen (secondary N) is 1. The average molecular weight is 270 g/mol. The molecule has 0 aromatic heterocycles. The van der Waals surface area contributed by atoms with Gasteiger partial charge in [0.05, 0.1) is 6.61 Å². The van der Waals surface area contributed by atoms with Gasteiger partial charge in [0.2, 0.25) is 5.91 Å². The van der Waals surface area contributed by atoms with E-state index < -0.39 is 11.9 Å². The first-order chi connectivity index (χ1) is 9.70. The minimum absolute atomic E-state index is 0.412. The first-order valence-electron chi connectivity index (χ1n) is 6.54. The van der Waals surface area contributed by atoms with E-state index >= 15 is 0 Å². The second-order valence-electron chi connectivity index (χ2n) is 4.35. The number of primary amides is 1. The van der Waals surface area contributed by atoms with Crippen LogP contribution < -0.4 is 15.8 Å². The molecule has 0 aliphatic heterocycles. The Labute approximate surface area is 118 Å². The standard InChI is InChI=1S/C16H18N2O2/c1-2-20-14-10-8-13(9-11-14)18-15(16(17)19)12-6-4-3-5-7-12/h3-11,15,18H,2H2,1H3,(H2,17,19)/t15-/m0/s1. The summed E-state index contributed by atoms with van der Waals surface area (Å²) in [6.07, 6.45) is 0. The van der Waals surface area contributed by atoms with Crippen LogP contribution in [-0.2, 0) is 4.79 Å². The molecule has 0 fully saturated rings. The summed E-state index contributed by atoms with van der Waals surface area (Å²) in [7, 11) is 0. The van der Waals surface area contributed by atoms with Crippen molar-refractivity contribution in [3.05, 3.63) is 60.2 Å². The maximum atomic E-state index is 11.6. The van der Waals surface area contributed by atoms with Gasteiger partial charge in [-0.1, -0.05) is 30.3 Å². The number of ether oxygens (including phenoxy) is 1. The number of anilines is 1. The maximum Gasteiger partial charge on any atom is 0.244 e. The van der Waals surface area contributed by atoms with Gasteiger partial charge in [-0.3, -0.25) is 4.79 Å². The van der Waals surface area contributed by atoms with Crippen LogP contribution in [-0.4, -0.2) is 12.5 Å². The molecular weight excluding hydrogens is 252 g/mol. The third kappa shape index (κ3) is 3.51. The summed E-state index contributed by atoms with van der Waals surface area (Å²) in [6, 6.07) is 16.3. The van der Waals surface area contributed by atoms with Crippen molar-refractivity contribution in [3.63, 3.8) is 0 Å². The van der Waals surface area contributed by atoms with Gasteiger partial charge in [-0.15, -0.1) is 0 Å². The molecular formula is C16H18N2O2. The molecule has 0 radical (unpaired) electrons. The molecule has 20 heavy (non-hydrogen) atoms. The molecule has 0 aliphatic carbocycles. The SMILES string of the molecule is CCOc1ccc(N[C@H](C(N)=O)c2ccccc2)cc1. The van der Waals surface area contributed by atoms with Crippen LogP contribution in [0.2, 0.25) is 0 Å². The van der Waals surface area contributed by atoms with Gasteiger partial charge in [0, 0.05) is 5.69 Å². The van der Waals surface area contributed by atoms with Crippen LogP contribution in [0.3, 0.4) is 0 Å². The fraction of sp³-hybridized carbons (Fsp3) is 0.188. The van der Waals surface area contributed by atoms with Crippen molar-refractivity contribution in [2.24, 2.45) is 5.73 Å². The molecule has 0 saturated carbocycles. The molecule has 2 aromatic rings. The molecule has 4 nitrogen and oxygen atoms in total. The molecule has 4 heteroatoms. The summed E-state index contributed by atoms with van der Waals surface area (Å²) in [4.78, 5) is 11.6. The van der Waals surface area contributed by atoms with E-state index in [2.05, 4.69) is 5.32 Å². The van der Waals surface area contributed by atoms with Gasteiger partial charge >= 0.3 is 0 Å². The molecule has 1 atom stereocenters. The monoisotopic (exact) mass is 270 g/mol. The Morgan fingerprint density at radius 1 is 1.15 bits per heavy atom. The van der Waals surface area contributed by atoms with Crippen LogP contribution in [0.1, 0.15) is 18.5 Å². The van der Waals surface area contributed by atoms with Gasteiger partial charge in [-0.05, 0) is 36.8 Å². The Bertz CT molecular complexity index is 552. The lowest BCUT2D eigenvalue weighted by Crippen LogP contribution is -2.27. The summed E-state index contributed by atoms with van der Waals surface area (Å²) in [5.74, 6) is 0.387. The van der Waals surface area contributed by atoms with Crippen LogP contribution in [0.15, 0.2) is 54.6 Å². The van der Waals surface area contributed by atoms with Gasteiger partial charge < -0.3 is 15.8 Å². The van der Waals surface area contributed by atoms with E-state index in [0.29, 0.717) is 6.61 Å². The lowest BCUT2D eigenvalue weighted by atomic mass is 10.1. The number of hydrogen-bond donors (Lipinski definition) is 2. The summed E-state index contributed by atoms with van der Waals surface area (Å²) >= 11 is 0. The van der Waals surface area contributed by atoms with Gasteiger partial charge in [-0.25, -0.2) is 0 Å². The molecule has 2 rings (SSSR count). The van der Waals surface area contributed by atoms with Crippen molar-refractivity contribution in [2.45, 2.75) is 13.0 Å². The fourth-order valence-electron chi connectivity index (χ4n) is 1.94. The predicted molar refractivity (Wildman–Crippen MR) is 79.6 cm³/mol. The van der Waals surface area contributed by atoms with Crippen molar-refractivity contribution in [3.8, 4) is 5.75 Å². The number of carbonyl (C=O) groups is 1. The summed E-state index contributed by atoms with van der Waals surface area (Å²) < 4.78 is 5.38. The number of hydrogen-bond acceptors (Lipinski definition) is 3. The molecule has 0 heterocycles. The minimum atomic E-state index is -0.547. The van der Waals surface area contributed by atoms with E-state index in [0.717, 1.165) is 17.0 Å². The molecule has 0 spiro atoms. The topological polar surface area (TPSA) is 64.3 Å². The third-order valence-electron chi connectivity index (χ3n) is 2.89. The molecule has 104 valence electrons. The average Bonchev–Trinajstić information content (AvgIpc) is 2.47. The van der Waals surface area contributed by atoms with Crippen LogP contribution in [0.25, 0.3) is 0 Å². The van der Waals surface area contributed by atoms with E-state index in [4.69, 9.17) is 10.5 Å². The Morgan fingerprint density at radius 2 is 1.80 bits per heavy atom. The number of rotatable bonds is 6. The highest BCUT2D eigenvalue weighted by Crippen LogP contribution is 2.21. The van der Waals surface area contributed by atoms with Gasteiger partial charge in [0.15, 0.2) is 0 Å². The van der Waals surface area contributed by atoms with E-state index in [1.54, 1.807) is 0 Å². The first kappa shape index (κ1) is 13.9. The van der Waals surface area contributed by atoms with Crippen molar-refractivity contribution in [1.29, 1.82) is 0 Å². The molecule has 0 unspecified atom stereocenters. The third-order valence-corrected chi connectivity index (χ3v) is 2.89. The molecule has 2 aromatic carbocycles. The van der Waals surface area contributed by atoms with Crippen molar-refractivity contribution in [2.75, 3.05) is 11.9 Å². The Hall–Kier alpha value is -2.49. The second-order valence-corrected chi connectivity index (χ2v) is 4.35. The smallest absolute Gasteiger partial charge is 0.244 e. The molecule has 0 aliphatic rings. The van der Waals surface area contributed by atoms with E-state index in [9.17, 15) is 4.79 Å². The van der Waals surface area contributed by atoms with Crippen LogP contribution in [0, 0.1) is 0 Å². The zero-order valence-corrected chi connectivity index (χ0v) is 11.4. The molecule has 3 N–H and O–H groups in total. The van der Waals surface area contributed by atoms with Crippen molar-refractivity contribution in [1.82, 2.24) is 0 Å². The van der Waals surface area contributed by atoms with Crippen LogP contribution in [0.4, 0.5) is 5.69 Å². The second kappa shape index (κ2) is 6.61. The minimum Gasteiger partial charge on any atom is -0.494 e. The highest BCUT2D eigenvalue weighted by molar-refractivity contribution is 5.84. The number of benzene rings is 2. The normalized spacial score (nSPS) is 11.7. The summed E-state index contributed by atoms with van der Waals surface area (Å²) in [5, 5.41) is 3.13. The van der Waals surface area contributed by atoms with E-state index in [1.807, 2.05) is 61.5 Å². The fourth-order valence-corrected chi connectivity index (χ4v) is 1.94. The Morgan fingerprint density at radius 3 is 2.35 bits per heavy atom. The van der Waals surface area contributed by atoms with E-state index in [-0.39, 0.29) is 0 Å². The predicted octanol–water partition coefficient (Wildman–Crippen LogP) is 2.72. The molecule has 1 amide bonds. The highest BCUT2D eigenvalue weighted by Gasteiger charge is 2.16. The lowest BCUT2D eigenvalue weighted by Gasteiger charge is -2.17. The first-order valence-corrected chi connectivity index (χ1v) is 6.54. The Kier molecular flexibility index (Phi) is 4.60. The molecule has 0 bridgehead atoms. The number of carbonyl (C=O) groups excluding carboxylic acids is 1. The zero-order chi connectivity index (χ0) is 14.4. The largest absolute Gasteiger partial charge is 0.494 e. The van der Waals surface area contributed by atoms with Crippen LogP contribution >= 0.6 is 0 Å². The highest BCUT2D eigenvalue weighted by atomic mass is 16.5. The van der Waals surface area contributed by atoms with Crippen molar-refractivity contribution >= 4 is 11.6 Å². The summed E-state index contributed by atoms with van der Waals surface area (Å²) in [6.45, 7) is 2.56. The Balaban J connectivity index is 2.14. The van der Waals surface area contributed by atoms with Crippen molar-refractivity contribution < 1.29 is 9.53 Å². The van der Waals surface area contributed by atoms with Gasteiger partial charge in [0.25, 0.3) is 0 Å². The van der Waals surface area contributed by atoms with Crippen LogP contribution in [0.5, 0.6) is 5.75 Å². The quantitative estimate of drug-likeness (QED) is 0.848. The zero-order valence-electron chi connectivity index (χ0n) is 11.4. The lowest BCUT2D eigenvalue weighted by molar-refractivity contribution is -0.118. The van der Waals surface area contributed by atoms with Gasteiger partial charge in [-0.2, -0.15) is 0 Å². The maximum absolute atomic E-state index is 11.6. The number of nitrogens with two attached hydrogens (primary N) is 1. The number of amides is 1. The van der Waals surface area contributed by atoms with E-state index in [1.165, 1.54) is 0 Å². The molecule has 0 saturated heterocycles. The summed E-state index contributed by atoms with van der Waals surface area (Å²) in [5.41, 5.74) is 7.13. The van der Waals surface area contributed by atoms with Gasteiger partial charge in [0.1, 0.15) is 11.8 Å².